The molecule has 80 valence electrons. The molecule has 0 saturated heterocycles. The first kappa shape index (κ1) is 19.0. The molecular formula is C8H8F3Li2NOS. The quantitative estimate of drug-likeness (QED) is 0.293. The molecule has 0 N–H and O–H groups in total. The van der Waals surface area contributed by atoms with Gasteiger partial charge in [0.1, 0.15) is 0 Å². The Kier molecular flexibility index (Phi) is 7.72. The van der Waals surface area contributed by atoms with Crippen LogP contribution in [0.3, 0.4) is 0 Å². The van der Waals surface area contributed by atoms with Crippen LogP contribution in [0, 0.1) is 6.07 Å². The molecule has 8 heteroatoms. The Morgan fingerprint density at radius 1 is 1.31 bits per heavy atom. The van der Waals surface area contributed by atoms with Crippen LogP contribution < -0.4 is 42.8 Å². The van der Waals surface area contributed by atoms with E-state index in [2.05, 4.69) is 6.07 Å². The minimum absolute atomic E-state index is 0. The van der Waals surface area contributed by atoms with Crippen LogP contribution in [0.25, 0.3) is 0 Å². The SMILES string of the molecule is CN(C)C([O-])(c1[c-]ccs1)C(F)(F)F.[Li+].[Li+]. The van der Waals surface area contributed by atoms with Gasteiger partial charge in [0.05, 0.1) is 5.72 Å². The molecule has 0 fully saturated rings. The number of halogens is 3. The predicted molar refractivity (Wildman–Crippen MR) is 44.6 cm³/mol. The number of nitrogens with zero attached hydrogens (tertiary/aromatic N) is 1. The van der Waals surface area contributed by atoms with E-state index < -0.39 is 11.9 Å². The summed E-state index contributed by atoms with van der Waals surface area (Å²) in [4.78, 5) is 0.241. The molecule has 0 spiro atoms. The first-order valence-electron chi connectivity index (χ1n) is 3.70. The first-order valence-corrected chi connectivity index (χ1v) is 4.58. The Labute approximate surface area is 120 Å². The smallest absolute Gasteiger partial charge is 0.829 e. The van der Waals surface area contributed by atoms with Crippen molar-refractivity contribution < 1.29 is 56.0 Å². The van der Waals surface area contributed by atoms with Gasteiger partial charge in [-0.25, -0.2) is 12.1 Å². The minimum atomic E-state index is -4.85. The Bertz CT molecular complexity index is 305. The fourth-order valence-electron chi connectivity index (χ4n) is 1.01. The molecule has 0 aliphatic carbocycles. The molecular weight excluding hydrogens is 229 g/mol. The summed E-state index contributed by atoms with van der Waals surface area (Å²) < 4.78 is 37.7. The van der Waals surface area contributed by atoms with Crippen molar-refractivity contribution in [1.29, 1.82) is 0 Å². The third kappa shape index (κ3) is 3.30. The van der Waals surface area contributed by atoms with Crippen molar-refractivity contribution in [2.45, 2.75) is 11.9 Å². The summed E-state index contributed by atoms with van der Waals surface area (Å²) in [6, 6.07) is 3.62. The summed E-state index contributed by atoms with van der Waals surface area (Å²) in [5, 5.41) is 13.1. The van der Waals surface area contributed by atoms with Gasteiger partial charge in [-0.2, -0.15) is 18.6 Å². The third-order valence-corrected chi connectivity index (χ3v) is 2.69. The van der Waals surface area contributed by atoms with Crippen molar-refractivity contribution in [2.24, 2.45) is 0 Å². The zero-order chi connectivity index (χ0) is 11.0. The minimum Gasteiger partial charge on any atom is -0.829 e. The van der Waals surface area contributed by atoms with E-state index in [0.717, 1.165) is 25.4 Å². The molecule has 0 saturated carbocycles. The van der Waals surface area contributed by atoms with Crippen molar-refractivity contribution in [3.05, 3.63) is 22.4 Å². The van der Waals surface area contributed by atoms with Gasteiger partial charge in [-0.3, -0.25) is 11.3 Å². The van der Waals surface area contributed by atoms with Crippen LogP contribution in [0.15, 0.2) is 11.4 Å². The van der Waals surface area contributed by atoms with Gasteiger partial charge in [-0.05, 0) is 14.1 Å². The second-order valence-electron chi connectivity index (χ2n) is 2.93. The van der Waals surface area contributed by atoms with Crippen molar-refractivity contribution in [2.75, 3.05) is 14.1 Å². The molecule has 1 aromatic rings. The van der Waals surface area contributed by atoms with E-state index in [0.29, 0.717) is 4.90 Å². The van der Waals surface area contributed by atoms with E-state index in [-0.39, 0.29) is 42.6 Å². The maximum absolute atomic E-state index is 12.6. The second kappa shape index (κ2) is 6.51. The van der Waals surface area contributed by atoms with Gasteiger partial charge in [-0.1, -0.05) is 4.88 Å². The van der Waals surface area contributed by atoms with E-state index in [1.165, 1.54) is 11.4 Å². The maximum Gasteiger partial charge on any atom is 1.00 e. The molecule has 0 amide bonds. The van der Waals surface area contributed by atoms with Gasteiger partial charge in [0.15, 0.2) is 0 Å². The molecule has 0 aliphatic rings. The van der Waals surface area contributed by atoms with Crippen molar-refractivity contribution >= 4 is 11.3 Å². The molecule has 1 rings (SSSR count). The zero-order valence-corrected chi connectivity index (χ0v) is 10.4. The fourth-order valence-corrected chi connectivity index (χ4v) is 1.88. The second-order valence-corrected chi connectivity index (χ2v) is 3.85. The zero-order valence-electron chi connectivity index (χ0n) is 9.55. The number of alkyl halides is 3. The average molecular weight is 237 g/mol. The molecule has 1 atom stereocenters. The summed E-state index contributed by atoms with van der Waals surface area (Å²) >= 11 is 0.755. The monoisotopic (exact) mass is 237 g/mol. The number of hydrogen-bond acceptors (Lipinski definition) is 3. The van der Waals surface area contributed by atoms with Gasteiger partial charge >= 0.3 is 43.9 Å². The van der Waals surface area contributed by atoms with E-state index in [4.69, 9.17) is 0 Å². The fraction of sp³-hybridized carbons (Fsp3) is 0.500. The topological polar surface area (TPSA) is 26.3 Å². The molecule has 0 bridgehead atoms. The Morgan fingerprint density at radius 2 is 1.81 bits per heavy atom. The maximum atomic E-state index is 12.6. The van der Waals surface area contributed by atoms with Gasteiger partial charge in [0.25, 0.3) is 0 Å². The van der Waals surface area contributed by atoms with Crippen LogP contribution in [0.5, 0.6) is 0 Å². The van der Waals surface area contributed by atoms with E-state index in [9.17, 15) is 18.3 Å². The Morgan fingerprint density at radius 3 is 2.06 bits per heavy atom. The summed E-state index contributed by atoms with van der Waals surface area (Å²) in [5.74, 6) is 0. The summed E-state index contributed by atoms with van der Waals surface area (Å²) in [6.07, 6.45) is -4.85. The standard InChI is InChI=1S/C8H8F3NOS.2Li/c1-12(2)7(13,8(9,10)11)6-4-3-5-14-6;;/h3,5H,1-2H3;;/q-2;2*+1. The molecule has 1 heterocycles. The summed E-state index contributed by atoms with van der Waals surface area (Å²) in [5.41, 5.74) is -3.19. The van der Waals surface area contributed by atoms with E-state index >= 15 is 0 Å². The van der Waals surface area contributed by atoms with Gasteiger partial charge in [0.2, 0.25) is 0 Å². The molecule has 0 aromatic carbocycles. The number of hydrogen-bond donors (Lipinski definition) is 0. The summed E-state index contributed by atoms with van der Waals surface area (Å²) in [6.45, 7) is 0. The van der Waals surface area contributed by atoms with Crippen LogP contribution >= 0.6 is 11.3 Å². The van der Waals surface area contributed by atoms with Crippen molar-refractivity contribution in [3.63, 3.8) is 0 Å². The van der Waals surface area contributed by atoms with Crippen LogP contribution in [-0.4, -0.2) is 25.2 Å². The molecule has 1 aromatic heterocycles. The predicted octanol–water partition coefficient (Wildman–Crippen LogP) is -4.81. The average Bonchev–Trinajstić information content (AvgIpc) is 2.52. The summed E-state index contributed by atoms with van der Waals surface area (Å²) in [7, 11) is 2.21. The molecule has 2 nitrogen and oxygen atoms in total. The van der Waals surface area contributed by atoms with Gasteiger partial charge in [0, 0.05) is 0 Å². The van der Waals surface area contributed by atoms with Gasteiger partial charge < -0.3 is 10.0 Å². The molecule has 0 aliphatic heterocycles. The van der Waals surface area contributed by atoms with Crippen LogP contribution in [0.1, 0.15) is 4.88 Å². The number of rotatable bonds is 2. The van der Waals surface area contributed by atoms with Crippen LogP contribution in [-0.2, 0) is 5.72 Å². The van der Waals surface area contributed by atoms with Crippen LogP contribution in [0.2, 0.25) is 0 Å². The van der Waals surface area contributed by atoms with Gasteiger partial charge in [-0.15, -0.1) is 0 Å². The molecule has 16 heavy (non-hydrogen) atoms. The number of thiophene rings is 1. The van der Waals surface area contributed by atoms with Crippen LogP contribution in [0.4, 0.5) is 13.2 Å². The Balaban J connectivity index is 0. The van der Waals surface area contributed by atoms with E-state index in [1.807, 2.05) is 0 Å². The molecule has 0 radical (unpaired) electrons. The third-order valence-electron chi connectivity index (χ3n) is 1.79. The first-order chi connectivity index (χ1) is 6.30. The van der Waals surface area contributed by atoms with Crippen molar-refractivity contribution in [1.82, 2.24) is 4.90 Å². The largest absolute Gasteiger partial charge is 1.00 e. The Hall–Kier alpha value is 0.605. The normalized spacial score (nSPS) is 14.9. The van der Waals surface area contributed by atoms with Crippen molar-refractivity contribution in [3.8, 4) is 0 Å². The molecule has 1 unspecified atom stereocenters. The van der Waals surface area contributed by atoms with E-state index in [1.54, 1.807) is 0 Å².